The Morgan fingerprint density at radius 2 is 1.75 bits per heavy atom. The van der Waals surface area contributed by atoms with Gasteiger partial charge in [0.25, 0.3) is 0 Å². The Balaban J connectivity index is 1.57. The number of methoxy groups -OCH3 is 1. The molecule has 8 nitrogen and oxygen atoms in total. The number of rotatable bonds is 8. The van der Waals surface area contributed by atoms with Crippen LogP contribution in [-0.2, 0) is 20.4 Å². The van der Waals surface area contributed by atoms with Gasteiger partial charge < -0.3 is 10.1 Å². The first-order valence-electron chi connectivity index (χ1n) is 11.2. The van der Waals surface area contributed by atoms with Gasteiger partial charge in [-0.25, -0.2) is 13.4 Å². The maximum atomic E-state index is 12.8. The Hall–Kier alpha value is -3.63. The van der Waals surface area contributed by atoms with Gasteiger partial charge in [-0.05, 0) is 66.5 Å². The van der Waals surface area contributed by atoms with Crippen LogP contribution in [0, 0.1) is 6.92 Å². The summed E-state index contributed by atoms with van der Waals surface area (Å²) in [6.45, 7) is 5.91. The molecule has 2 N–H and O–H groups in total. The summed E-state index contributed by atoms with van der Waals surface area (Å²) >= 11 is 5.20. The molecule has 0 aliphatic rings. The van der Waals surface area contributed by atoms with E-state index in [0.717, 1.165) is 5.56 Å². The van der Waals surface area contributed by atoms with Gasteiger partial charge in [0.2, 0.25) is 11.8 Å². The zero-order valence-corrected chi connectivity index (χ0v) is 22.1. The number of aryl methyl sites for hydroxylation is 1. The SMILES string of the molecule is COc1cc(CS(=O)(=O)c2ccc(NC(=S)NC(=O)/C=C/c3ccc(C(C)C)cc3)cc2)nc(C)n1. The van der Waals surface area contributed by atoms with Gasteiger partial charge in [-0.3, -0.25) is 10.1 Å². The van der Waals surface area contributed by atoms with Gasteiger partial charge in [0, 0.05) is 17.8 Å². The average Bonchev–Trinajstić information content (AvgIpc) is 2.82. The zero-order chi connectivity index (χ0) is 26.3. The predicted octanol–water partition coefficient (Wildman–Crippen LogP) is 4.42. The van der Waals surface area contributed by atoms with Crippen molar-refractivity contribution in [2.75, 3.05) is 12.4 Å². The quantitative estimate of drug-likeness (QED) is 0.329. The second kappa shape index (κ2) is 11.9. The molecule has 0 atom stereocenters. The number of sulfone groups is 1. The van der Waals surface area contributed by atoms with Crippen molar-refractivity contribution >= 4 is 44.8 Å². The number of hydrogen-bond acceptors (Lipinski definition) is 7. The zero-order valence-electron chi connectivity index (χ0n) is 20.5. The molecule has 3 aromatic rings. The standard InChI is InChI=1S/C26H28N4O4S2/c1-17(2)20-8-5-19(6-9-20)7-14-24(31)30-26(35)29-21-10-12-23(13-11-21)36(32,33)16-22-15-25(34-4)28-18(3)27-22/h5-15,17H,16H2,1-4H3,(H2,29,30,31,35)/b14-7+. The number of hydrogen-bond donors (Lipinski definition) is 2. The summed E-state index contributed by atoms with van der Waals surface area (Å²) in [5.74, 6) is 0.502. The highest BCUT2D eigenvalue weighted by Gasteiger charge is 2.17. The van der Waals surface area contributed by atoms with Crippen molar-refractivity contribution < 1.29 is 17.9 Å². The van der Waals surface area contributed by atoms with E-state index in [1.165, 1.54) is 36.9 Å². The van der Waals surface area contributed by atoms with E-state index in [1.54, 1.807) is 25.1 Å². The van der Waals surface area contributed by atoms with Gasteiger partial charge >= 0.3 is 0 Å². The van der Waals surface area contributed by atoms with Gasteiger partial charge in [0.05, 0.1) is 23.5 Å². The fourth-order valence-corrected chi connectivity index (χ4v) is 4.75. The highest BCUT2D eigenvalue weighted by molar-refractivity contribution is 7.90. The minimum absolute atomic E-state index is 0.0963. The van der Waals surface area contributed by atoms with Crippen LogP contribution in [0.5, 0.6) is 5.88 Å². The molecule has 0 saturated heterocycles. The van der Waals surface area contributed by atoms with E-state index in [9.17, 15) is 13.2 Å². The molecule has 0 unspecified atom stereocenters. The molecule has 0 aliphatic carbocycles. The summed E-state index contributed by atoms with van der Waals surface area (Å²) in [5, 5.41) is 5.54. The molecule has 188 valence electrons. The lowest BCUT2D eigenvalue weighted by molar-refractivity contribution is -0.115. The number of carbonyl (C=O) groups excluding carboxylic acids is 1. The molecule has 1 heterocycles. The minimum Gasteiger partial charge on any atom is -0.481 e. The third-order valence-electron chi connectivity index (χ3n) is 5.15. The molecule has 0 saturated carbocycles. The van der Waals surface area contributed by atoms with Gasteiger partial charge in [0.15, 0.2) is 14.9 Å². The molecule has 1 amide bonds. The first kappa shape index (κ1) is 27.0. The summed E-state index contributed by atoms with van der Waals surface area (Å²) in [6.07, 6.45) is 3.11. The number of benzene rings is 2. The molecule has 0 fully saturated rings. The molecule has 0 bridgehead atoms. The van der Waals surface area contributed by atoms with E-state index >= 15 is 0 Å². The van der Waals surface area contributed by atoms with Crippen LogP contribution in [0.2, 0.25) is 0 Å². The van der Waals surface area contributed by atoms with Crippen LogP contribution in [0.15, 0.2) is 65.6 Å². The van der Waals surface area contributed by atoms with E-state index < -0.39 is 9.84 Å². The fourth-order valence-electron chi connectivity index (χ4n) is 3.28. The van der Waals surface area contributed by atoms with Crippen LogP contribution < -0.4 is 15.4 Å². The van der Waals surface area contributed by atoms with E-state index in [-0.39, 0.29) is 21.7 Å². The van der Waals surface area contributed by atoms with Crippen molar-refractivity contribution in [3.8, 4) is 5.88 Å². The summed E-state index contributed by atoms with van der Waals surface area (Å²) in [5.41, 5.74) is 3.01. The number of aromatic nitrogens is 2. The van der Waals surface area contributed by atoms with Crippen LogP contribution in [0.3, 0.4) is 0 Å². The Bertz CT molecular complexity index is 1370. The summed E-state index contributed by atoms with van der Waals surface area (Å²) in [7, 11) is -2.19. The van der Waals surface area contributed by atoms with Gasteiger partial charge in [0.1, 0.15) is 5.82 Å². The highest BCUT2D eigenvalue weighted by atomic mass is 32.2. The first-order valence-corrected chi connectivity index (χ1v) is 13.2. The third-order valence-corrected chi connectivity index (χ3v) is 7.02. The van der Waals surface area contributed by atoms with E-state index in [4.69, 9.17) is 17.0 Å². The average molecular weight is 525 g/mol. The summed E-state index contributed by atoms with van der Waals surface area (Å²) in [6, 6.07) is 15.5. The monoisotopic (exact) mass is 524 g/mol. The Labute approximate surface area is 216 Å². The van der Waals surface area contributed by atoms with Crippen LogP contribution in [0.1, 0.15) is 42.4 Å². The lowest BCUT2D eigenvalue weighted by Gasteiger charge is -2.10. The predicted molar refractivity (Wildman–Crippen MR) is 145 cm³/mol. The van der Waals surface area contributed by atoms with Gasteiger partial charge in [-0.1, -0.05) is 38.1 Å². The van der Waals surface area contributed by atoms with Crippen LogP contribution in [0.4, 0.5) is 5.69 Å². The maximum absolute atomic E-state index is 12.8. The lowest BCUT2D eigenvalue weighted by atomic mass is 10.0. The number of nitrogens with one attached hydrogen (secondary N) is 2. The van der Waals surface area contributed by atoms with E-state index in [1.807, 2.05) is 24.3 Å². The molecule has 0 aliphatic heterocycles. The molecular weight excluding hydrogens is 496 g/mol. The second-order valence-corrected chi connectivity index (χ2v) is 10.7. The maximum Gasteiger partial charge on any atom is 0.250 e. The lowest BCUT2D eigenvalue weighted by Crippen LogP contribution is -2.32. The summed E-state index contributed by atoms with van der Waals surface area (Å²) in [4.78, 5) is 20.6. The number of thiocarbonyl (C=S) groups is 1. The van der Waals surface area contributed by atoms with Crippen molar-refractivity contribution in [2.24, 2.45) is 0 Å². The number of anilines is 1. The normalized spacial score (nSPS) is 11.5. The minimum atomic E-state index is -3.65. The van der Waals surface area contributed by atoms with Crippen molar-refractivity contribution in [3.63, 3.8) is 0 Å². The van der Waals surface area contributed by atoms with Gasteiger partial charge in [-0.2, -0.15) is 4.98 Å². The van der Waals surface area contributed by atoms with E-state index in [2.05, 4.69) is 34.4 Å². The molecule has 2 aromatic carbocycles. The second-order valence-electron chi connectivity index (χ2n) is 8.33. The van der Waals surface area contributed by atoms with Crippen LogP contribution >= 0.6 is 12.2 Å². The third kappa shape index (κ3) is 7.69. The molecular formula is C26H28N4O4S2. The van der Waals surface area contributed by atoms with Crippen molar-refractivity contribution in [1.82, 2.24) is 15.3 Å². The molecule has 36 heavy (non-hydrogen) atoms. The smallest absolute Gasteiger partial charge is 0.250 e. The molecule has 0 radical (unpaired) electrons. The fraction of sp³-hybridized carbons (Fsp3) is 0.231. The first-order chi connectivity index (χ1) is 17.1. The van der Waals surface area contributed by atoms with Crippen molar-refractivity contribution in [3.05, 3.63) is 83.3 Å². The van der Waals surface area contributed by atoms with Crippen molar-refractivity contribution in [2.45, 2.75) is 37.3 Å². The molecule has 0 spiro atoms. The number of ether oxygens (including phenoxy) is 1. The number of amides is 1. The number of nitrogens with zero attached hydrogens (tertiary/aromatic N) is 2. The number of carbonyl (C=O) groups is 1. The Morgan fingerprint density at radius 3 is 2.36 bits per heavy atom. The summed E-state index contributed by atoms with van der Waals surface area (Å²) < 4.78 is 30.7. The van der Waals surface area contributed by atoms with Crippen molar-refractivity contribution in [1.29, 1.82) is 0 Å². The largest absolute Gasteiger partial charge is 0.481 e. The Kier molecular flexibility index (Phi) is 8.89. The Morgan fingerprint density at radius 1 is 1.08 bits per heavy atom. The van der Waals surface area contributed by atoms with Crippen LogP contribution in [-0.4, -0.2) is 36.5 Å². The molecule has 10 heteroatoms. The van der Waals surface area contributed by atoms with Crippen LogP contribution in [0.25, 0.3) is 6.08 Å². The highest BCUT2D eigenvalue weighted by Crippen LogP contribution is 2.20. The molecule has 3 rings (SSSR count). The topological polar surface area (TPSA) is 110 Å². The molecule has 1 aromatic heterocycles. The van der Waals surface area contributed by atoms with E-state index in [0.29, 0.717) is 29.0 Å². The van der Waals surface area contributed by atoms with Gasteiger partial charge in [-0.15, -0.1) is 0 Å².